The van der Waals surface area contributed by atoms with Crippen molar-refractivity contribution in [1.82, 2.24) is 0 Å². The van der Waals surface area contributed by atoms with Crippen LogP contribution in [0.1, 0.15) is 23.7 Å². The molecule has 4 nitrogen and oxygen atoms in total. The van der Waals surface area contributed by atoms with E-state index < -0.39 is 12.2 Å². The van der Waals surface area contributed by atoms with Crippen molar-refractivity contribution in [2.45, 2.75) is 25.0 Å². The van der Waals surface area contributed by atoms with Gasteiger partial charge in [0.15, 0.2) is 0 Å². The van der Waals surface area contributed by atoms with E-state index in [1.807, 2.05) is 6.07 Å². The van der Waals surface area contributed by atoms with Gasteiger partial charge in [0, 0.05) is 6.61 Å². The number of aliphatic hydroxyl groups is 3. The highest BCUT2D eigenvalue weighted by Gasteiger charge is 2.20. The van der Waals surface area contributed by atoms with Crippen molar-refractivity contribution in [2.75, 3.05) is 6.61 Å². The average Bonchev–Trinajstić information content (AvgIpc) is 2.29. The van der Waals surface area contributed by atoms with Crippen LogP contribution >= 0.6 is 0 Å². The number of benzene rings is 1. The second-order valence-corrected chi connectivity index (χ2v) is 3.55. The maximum absolute atomic E-state index is 9.84. The Morgan fingerprint density at radius 1 is 1.25 bits per heavy atom. The second kappa shape index (κ2) is 6.23. The Morgan fingerprint density at radius 3 is 2.56 bits per heavy atom. The summed E-state index contributed by atoms with van der Waals surface area (Å²) < 4.78 is 0. The van der Waals surface area contributed by atoms with Gasteiger partial charge in [-0.1, -0.05) is 24.3 Å². The molecule has 4 heteroatoms. The van der Waals surface area contributed by atoms with Crippen LogP contribution in [0.5, 0.6) is 0 Å². The molecule has 2 unspecified atom stereocenters. The first-order chi connectivity index (χ1) is 7.70. The molecule has 0 aliphatic carbocycles. The Morgan fingerprint density at radius 2 is 1.94 bits per heavy atom. The fourth-order valence-electron chi connectivity index (χ4n) is 1.58. The Kier molecular flexibility index (Phi) is 4.93. The molecule has 2 atom stereocenters. The van der Waals surface area contributed by atoms with Gasteiger partial charge in [0.1, 0.15) is 6.10 Å². The van der Waals surface area contributed by atoms with Crippen molar-refractivity contribution in [3.05, 3.63) is 35.4 Å². The van der Waals surface area contributed by atoms with E-state index in [-0.39, 0.29) is 13.0 Å². The molecule has 0 saturated heterocycles. The topological polar surface area (TPSA) is 84.5 Å². The van der Waals surface area contributed by atoms with E-state index >= 15 is 0 Å². The summed E-state index contributed by atoms with van der Waals surface area (Å²) in [6, 6.07) is 8.84. The fourth-order valence-corrected chi connectivity index (χ4v) is 1.58. The van der Waals surface area contributed by atoms with Crippen molar-refractivity contribution in [1.29, 1.82) is 5.26 Å². The quantitative estimate of drug-likeness (QED) is 0.677. The Balaban J connectivity index is 2.89. The molecular formula is C12H15NO3. The zero-order valence-electron chi connectivity index (χ0n) is 8.87. The van der Waals surface area contributed by atoms with Crippen LogP contribution in [0, 0.1) is 11.3 Å². The van der Waals surface area contributed by atoms with E-state index in [0.29, 0.717) is 12.0 Å². The van der Waals surface area contributed by atoms with E-state index in [1.165, 1.54) is 0 Å². The molecule has 0 heterocycles. The van der Waals surface area contributed by atoms with Crippen molar-refractivity contribution in [3.8, 4) is 6.07 Å². The highest BCUT2D eigenvalue weighted by molar-refractivity contribution is 5.30. The van der Waals surface area contributed by atoms with Crippen LogP contribution in [0.15, 0.2) is 24.3 Å². The van der Waals surface area contributed by atoms with Gasteiger partial charge in [-0.05, 0) is 17.5 Å². The summed E-state index contributed by atoms with van der Waals surface area (Å²) in [4.78, 5) is 0. The minimum atomic E-state index is -1.09. The van der Waals surface area contributed by atoms with Gasteiger partial charge in [-0.2, -0.15) is 5.26 Å². The summed E-state index contributed by atoms with van der Waals surface area (Å²) in [7, 11) is 0. The lowest BCUT2D eigenvalue weighted by Gasteiger charge is -2.18. The van der Waals surface area contributed by atoms with E-state index in [1.54, 1.807) is 24.3 Å². The first-order valence-corrected chi connectivity index (χ1v) is 5.12. The fraction of sp³-hybridized carbons (Fsp3) is 0.417. The molecule has 1 aromatic rings. The Hall–Kier alpha value is -1.41. The van der Waals surface area contributed by atoms with E-state index in [4.69, 9.17) is 10.4 Å². The number of hydrogen-bond acceptors (Lipinski definition) is 4. The maximum Gasteiger partial charge on any atom is 0.106 e. The molecule has 0 aromatic heterocycles. The number of rotatable bonds is 5. The van der Waals surface area contributed by atoms with Crippen LogP contribution in [0.4, 0.5) is 0 Å². The first kappa shape index (κ1) is 12.7. The average molecular weight is 221 g/mol. The minimum Gasteiger partial charge on any atom is -0.396 e. The summed E-state index contributed by atoms with van der Waals surface area (Å²) in [6.45, 7) is -0.0158. The van der Waals surface area contributed by atoms with Gasteiger partial charge in [0.05, 0.1) is 18.6 Å². The third kappa shape index (κ3) is 3.04. The van der Waals surface area contributed by atoms with Gasteiger partial charge >= 0.3 is 0 Å². The molecule has 0 radical (unpaired) electrons. The normalized spacial score (nSPS) is 14.1. The zero-order valence-corrected chi connectivity index (χ0v) is 8.87. The van der Waals surface area contributed by atoms with Crippen LogP contribution in [0.25, 0.3) is 0 Å². The molecular weight excluding hydrogens is 206 g/mol. The van der Waals surface area contributed by atoms with E-state index in [0.717, 1.165) is 5.56 Å². The third-order valence-electron chi connectivity index (χ3n) is 2.42. The Labute approximate surface area is 94.4 Å². The standard InChI is InChI=1S/C12H15NO3/c13-7-5-11(15)12(16)10-4-2-1-3-9(10)6-8-14/h1-4,11-12,14-16H,5-6,8H2. The van der Waals surface area contributed by atoms with Crippen LogP contribution < -0.4 is 0 Å². The summed E-state index contributed by atoms with van der Waals surface area (Å²) in [5.74, 6) is 0. The molecule has 1 rings (SSSR count). The first-order valence-electron chi connectivity index (χ1n) is 5.12. The summed E-state index contributed by atoms with van der Waals surface area (Å²) in [5, 5.41) is 36.7. The molecule has 16 heavy (non-hydrogen) atoms. The van der Waals surface area contributed by atoms with Crippen molar-refractivity contribution < 1.29 is 15.3 Å². The lowest BCUT2D eigenvalue weighted by Crippen LogP contribution is -2.19. The van der Waals surface area contributed by atoms with E-state index in [9.17, 15) is 10.2 Å². The Bertz CT molecular complexity index is 373. The lowest BCUT2D eigenvalue weighted by atomic mass is 9.96. The molecule has 0 amide bonds. The van der Waals surface area contributed by atoms with Gasteiger partial charge in [-0.3, -0.25) is 0 Å². The molecule has 1 aromatic carbocycles. The van der Waals surface area contributed by atoms with Crippen molar-refractivity contribution >= 4 is 0 Å². The summed E-state index contributed by atoms with van der Waals surface area (Å²) in [5.41, 5.74) is 1.36. The van der Waals surface area contributed by atoms with Gasteiger partial charge in [-0.25, -0.2) is 0 Å². The lowest BCUT2D eigenvalue weighted by molar-refractivity contribution is 0.0210. The molecule has 86 valence electrons. The molecule has 3 N–H and O–H groups in total. The highest BCUT2D eigenvalue weighted by atomic mass is 16.3. The van der Waals surface area contributed by atoms with Crippen molar-refractivity contribution in [3.63, 3.8) is 0 Å². The van der Waals surface area contributed by atoms with Gasteiger partial charge in [-0.15, -0.1) is 0 Å². The monoisotopic (exact) mass is 221 g/mol. The molecule has 0 saturated carbocycles. The van der Waals surface area contributed by atoms with Crippen LogP contribution in [-0.4, -0.2) is 28.0 Å². The third-order valence-corrected chi connectivity index (χ3v) is 2.42. The second-order valence-electron chi connectivity index (χ2n) is 3.55. The largest absolute Gasteiger partial charge is 0.396 e. The van der Waals surface area contributed by atoms with Crippen molar-refractivity contribution in [2.24, 2.45) is 0 Å². The van der Waals surface area contributed by atoms with Crippen LogP contribution in [0.2, 0.25) is 0 Å². The number of hydrogen-bond donors (Lipinski definition) is 3. The SMILES string of the molecule is N#CCC(O)C(O)c1ccccc1CCO. The number of nitriles is 1. The molecule has 0 fully saturated rings. The van der Waals surface area contributed by atoms with Gasteiger partial charge in [0.25, 0.3) is 0 Å². The smallest absolute Gasteiger partial charge is 0.106 e. The number of aliphatic hydroxyl groups excluding tert-OH is 3. The van der Waals surface area contributed by atoms with Crippen LogP contribution in [-0.2, 0) is 6.42 Å². The van der Waals surface area contributed by atoms with E-state index in [2.05, 4.69) is 0 Å². The van der Waals surface area contributed by atoms with Crippen LogP contribution in [0.3, 0.4) is 0 Å². The molecule has 0 bridgehead atoms. The maximum atomic E-state index is 9.84. The number of nitrogens with zero attached hydrogens (tertiary/aromatic N) is 1. The predicted molar refractivity (Wildman–Crippen MR) is 58.4 cm³/mol. The minimum absolute atomic E-state index is 0.0158. The summed E-state index contributed by atoms with van der Waals surface area (Å²) >= 11 is 0. The van der Waals surface area contributed by atoms with Gasteiger partial charge in [0.2, 0.25) is 0 Å². The molecule has 0 aliphatic rings. The highest BCUT2D eigenvalue weighted by Crippen LogP contribution is 2.22. The van der Waals surface area contributed by atoms with Gasteiger partial charge < -0.3 is 15.3 Å². The zero-order chi connectivity index (χ0) is 12.0. The summed E-state index contributed by atoms with van der Waals surface area (Å²) in [6.07, 6.45) is -1.87. The molecule has 0 aliphatic heterocycles. The predicted octanol–water partition coefficient (Wildman–Crippen LogP) is 0.529. The molecule has 0 spiro atoms.